The van der Waals surface area contributed by atoms with E-state index in [0.29, 0.717) is 22.4 Å². The third kappa shape index (κ3) is 5.29. The lowest BCUT2D eigenvalue weighted by atomic mass is 10.2. The van der Waals surface area contributed by atoms with Crippen molar-refractivity contribution < 1.29 is 4.74 Å². The van der Waals surface area contributed by atoms with Crippen molar-refractivity contribution >= 4 is 35.4 Å². The highest BCUT2D eigenvalue weighted by Crippen LogP contribution is 2.23. The van der Waals surface area contributed by atoms with Crippen LogP contribution in [0, 0.1) is 6.92 Å². The molecule has 138 valence electrons. The molecule has 0 saturated heterocycles. The average Bonchev–Trinajstić information content (AvgIpc) is 2.64. The first kappa shape index (κ1) is 18.9. The van der Waals surface area contributed by atoms with Gasteiger partial charge >= 0.3 is 0 Å². The molecule has 0 fully saturated rings. The number of nitrogens with one attached hydrogen (secondary N) is 2. The van der Waals surface area contributed by atoms with Crippen molar-refractivity contribution in [3.8, 4) is 5.75 Å². The summed E-state index contributed by atoms with van der Waals surface area (Å²) >= 11 is 12.0. The summed E-state index contributed by atoms with van der Waals surface area (Å²) in [5.41, 5.74) is 4.22. The van der Waals surface area contributed by atoms with E-state index in [4.69, 9.17) is 27.9 Å². The maximum Gasteiger partial charge on any atom is 0.274 e. The second kappa shape index (κ2) is 8.66. The number of hydrogen-bond donors (Lipinski definition) is 2. The highest BCUT2D eigenvalue weighted by molar-refractivity contribution is 6.35. The zero-order chi connectivity index (χ0) is 19.2. The van der Waals surface area contributed by atoms with Crippen molar-refractivity contribution in [1.82, 2.24) is 15.2 Å². The Labute approximate surface area is 165 Å². The van der Waals surface area contributed by atoms with E-state index >= 15 is 0 Å². The lowest BCUT2D eigenvalue weighted by molar-refractivity contribution is 0.306. The molecule has 0 unspecified atom stereocenters. The summed E-state index contributed by atoms with van der Waals surface area (Å²) in [6.45, 7) is 1.89. The monoisotopic (exact) mass is 403 g/mol. The molecular weight excluding hydrogens is 389 g/mol. The van der Waals surface area contributed by atoms with Crippen LogP contribution in [0.4, 0.5) is 5.95 Å². The Bertz CT molecular complexity index is 1040. The zero-order valence-corrected chi connectivity index (χ0v) is 15.8. The van der Waals surface area contributed by atoms with Gasteiger partial charge in [-0.25, -0.2) is 5.43 Å². The van der Waals surface area contributed by atoms with Gasteiger partial charge in [0.05, 0.1) is 6.21 Å². The summed E-state index contributed by atoms with van der Waals surface area (Å²) in [6.07, 6.45) is 1.57. The molecule has 27 heavy (non-hydrogen) atoms. The molecule has 1 heterocycles. The molecule has 3 rings (SSSR count). The number of halogens is 2. The topological polar surface area (TPSA) is 92.3 Å². The van der Waals surface area contributed by atoms with Crippen molar-refractivity contribution in [2.75, 3.05) is 5.43 Å². The highest BCUT2D eigenvalue weighted by Gasteiger charge is 2.03. The summed E-state index contributed by atoms with van der Waals surface area (Å²) in [5.74, 6) is 0.820. The van der Waals surface area contributed by atoms with Gasteiger partial charge in [0.2, 0.25) is 5.95 Å². The number of rotatable bonds is 6. The quantitative estimate of drug-likeness (QED) is 0.482. The van der Waals surface area contributed by atoms with Crippen LogP contribution in [0.5, 0.6) is 5.75 Å². The van der Waals surface area contributed by atoms with E-state index in [1.165, 1.54) is 0 Å². The molecule has 9 heteroatoms. The number of aryl methyl sites for hydroxylation is 1. The maximum atomic E-state index is 11.5. The summed E-state index contributed by atoms with van der Waals surface area (Å²) in [4.78, 5) is 14.0. The Morgan fingerprint density at radius 3 is 2.85 bits per heavy atom. The van der Waals surface area contributed by atoms with Crippen LogP contribution in [-0.2, 0) is 6.61 Å². The van der Waals surface area contributed by atoms with Gasteiger partial charge in [-0.2, -0.15) is 5.10 Å². The van der Waals surface area contributed by atoms with Gasteiger partial charge in [0.15, 0.2) is 0 Å². The van der Waals surface area contributed by atoms with E-state index in [1.807, 2.05) is 30.3 Å². The van der Waals surface area contributed by atoms with Crippen LogP contribution in [0.2, 0.25) is 10.0 Å². The molecule has 2 aromatic carbocycles. The van der Waals surface area contributed by atoms with E-state index < -0.39 is 0 Å². The molecular formula is C18H15Cl2N5O2. The molecule has 0 amide bonds. The highest BCUT2D eigenvalue weighted by atomic mass is 35.5. The minimum absolute atomic E-state index is 0.159. The van der Waals surface area contributed by atoms with Gasteiger partial charge < -0.3 is 4.74 Å². The van der Waals surface area contributed by atoms with Gasteiger partial charge in [0, 0.05) is 15.6 Å². The Kier molecular flexibility index (Phi) is 6.05. The fourth-order valence-electron chi connectivity index (χ4n) is 2.10. The van der Waals surface area contributed by atoms with Crippen LogP contribution in [0.15, 0.2) is 52.4 Å². The molecule has 7 nitrogen and oxygen atoms in total. The molecule has 0 saturated carbocycles. The lowest BCUT2D eigenvalue weighted by Crippen LogP contribution is -2.15. The van der Waals surface area contributed by atoms with Crippen LogP contribution < -0.4 is 15.7 Å². The second-order valence-corrected chi connectivity index (χ2v) is 6.40. The largest absolute Gasteiger partial charge is 0.489 e. The third-order valence-corrected chi connectivity index (χ3v) is 4.10. The standard InChI is InChI=1S/C18H15Cl2N5O2/c1-11-17(26)22-18(25-23-11)24-21-9-12-3-2-4-15(7-12)27-10-13-5-6-14(19)8-16(13)20/h2-9H,10H2,1H3,(H2,22,24,25,26)/b21-9+. The van der Waals surface area contributed by atoms with Crippen LogP contribution in [-0.4, -0.2) is 21.4 Å². The van der Waals surface area contributed by atoms with Crippen molar-refractivity contribution in [2.24, 2.45) is 5.10 Å². The van der Waals surface area contributed by atoms with Gasteiger partial charge in [-0.3, -0.25) is 9.78 Å². The van der Waals surface area contributed by atoms with Crippen LogP contribution >= 0.6 is 23.2 Å². The number of anilines is 1. The van der Waals surface area contributed by atoms with Crippen molar-refractivity contribution in [3.63, 3.8) is 0 Å². The molecule has 0 aliphatic heterocycles. The lowest BCUT2D eigenvalue weighted by Gasteiger charge is -2.08. The van der Waals surface area contributed by atoms with Gasteiger partial charge in [0.25, 0.3) is 5.56 Å². The SMILES string of the molecule is Cc1nnc(N/N=C/c2cccc(OCc3ccc(Cl)cc3Cl)c2)[nH]c1=O. The first-order valence-electron chi connectivity index (χ1n) is 7.91. The Balaban J connectivity index is 1.62. The first-order valence-corrected chi connectivity index (χ1v) is 8.66. The number of H-pyrrole nitrogens is 1. The molecule has 0 atom stereocenters. The summed E-state index contributed by atoms with van der Waals surface area (Å²) < 4.78 is 5.77. The minimum Gasteiger partial charge on any atom is -0.489 e. The number of ether oxygens (including phenoxy) is 1. The number of hydrogen-bond acceptors (Lipinski definition) is 6. The molecule has 0 radical (unpaired) electrons. The van der Waals surface area contributed by atoms with Gasteiger partial charge in [-0.05, 0) is 36.8 Å². The molecule has 3 aromatic rings. The smallest absolute Gasteiger partial charge is 0.274 e. The molecule has 0 bridgehead atoms. The van der Waals surface area contributed by atoms with Gasteiger partial charge in [-0.1, -0.05) is 41.4 Å². The summed E-state index contributed by atoms with van der Waals surface area (Å²) in [7, 11) is 0. The van der Waals surface area contributed by atoms with E-state index in [0.717, 1.165) is 11.1 Å². The van der Waals surface area contributed by atoms with Crippen LogP contribution in [0.3, 0.4) is 0 Å². The number of aromatic nitrogens is 3. The molecule has 2 N–H and O–H groups in total. The van der Waals surface area contributed by atoms with Crippen LogP contribution in [0.1, 0.15) is 16.8 Å². The van der Waals surface area contributed by atoms with Crippen molar-refractivity contribution in [3.05, 3.63) is 79.7 Å². The van der Waals surface area contributed by atoms with E-state index in [9.17, 15) is 4.79 Å². The van der Waals surface area contributed by atoms with Crippen LogP contribution in [0.25, 0.3) is 0 Å². The van der Waals surface area contributed by atoms with Crippen molar-refractivity contribution in [1.29, 1.82) is 0 Å². The van der Waals surface area contributed by atoms with Gasteiger partial charge in [0.1, 0.15) is 18.1 Å². The Morgan fingerprint density at radius 2 is 2.07 bits per heavy atom. The van der Waals surface area contributed by atoms with Crippen molar-refractivity contribution in [2.45, 2.75) is 13.5 Å². The second-order valence-electron chi connectivity index (χ2n) is 5.56. The minimum atomic E-state index is -0.320. The molecule has 0 aliphatic carbocycles. The normalized spacial score (nSPS) is 10.9. The van der Waals surface area contributed by atoms with E-state index in [1.54, 1.807) is 25.3 Å². The van der Waals surface area contributed by atoms with E-state index in [2.05, 4.69) is 25.7 Å². The van der Waals surface area contributed by atoms with E-state index in [-0.39, 0.29) is 17.2 Å². The van der Waals surface area contributed by atoms with Gasteiger partial charge in [-0.15, -0.1) is 10.2 Å². The fraction of sp³-hybridized carbons (Fsp3) is 0.111. The predicted molar refractivity (Wildman–Crippen MR) is 106 cm³/mol. The number of aromatic amines is 1. The summed E-state index contributed by atoms with van der Waals surface area (Å²) in [5, 5.41) is 12.7. The average molecular weight is 404 g/mol. The zero-order valence-electron chi connectivity index (χ0n) is 14.2. The Hall–Kier alpha value is -2.90. The number of hydrazone groups is 1. The fourth-order valence-corrected chi connectivity index (χ4v) is 2.56. The first-order chi connectivity index (χ1) is 13.0. The molecule has 1 aromatic heterocycles. The maximum absolute atomic E-state index is 11.5. The third-order valence-electron chi connectivity index (χ3n) is 3.51. The molecule has 0 aliphatic rings. The number of nitrogens with zero attached hydrogens (tertiary/aromatic N) is 3. The predicted octanol–water partition coefficient (Wildman–Crippen LogP) is 3.81. The summed E-state index contributed by atoms with van der Waals surface area (Å²) in [6, 6.07) is 12.6. The Morgan fingerprint density at radius 1 is 1.22 bits per heavy atom. The molecule has 0 spiro atoms. The number of benzene rings is 2.